The summed E-state index contributed by atoms with van der Waals surface area (Å²) in [5.74, 6) is 0.259. The van der Waals surface area contributed by atoms with Crippen LogP contribution in [0.1, 0.15) is 21.5 Å². The van der Waals surface area contributed by atoms with Gasteiger partial charge in [-0.2, -0.15) is 0 Å². The van der Waals surface area contributed by atoms with Crippen LogP contribution in [-0.4, -0.2) is 19.0 Å². The van der Waals surface area contributed by atoms with Gasteiger partial charge in [-0.1, -0.05) is 48.2 Å². The Morgan fingerprint density at radius 2 is 1.73 bits per heavy atom. The predicted molar refractivity (Wildman–Crippen MR) is 117 cm³/mol. The van der Waals surface area contributed by atoms with Crippen molar-refractivity contribution in [1.82, 2.24) is 0 Å². The number of benzene rings is 3. The van der Waals surface area contributed by atoms with Crippen LogP contribution in [0.4, 0.5) is 5.69 Å². The lowest BCUT2D eigenvalue weighted by molar-refractivity contribution is -0.112. The Balaban J connectivity index is 1.39. The van der Waals surface area contributed by atoms with Crippen molar-refractivity contribution in [2.24, 2.45) is 0 Å². The molecule has 0 aromatic heterocycles. The van der Waals surface area contributed by atoms with E-state index in [2.05, 4.69) is 5.32 Å². The van der Waals surface area contributed by atoms with E-state index in [0.29, 0.717) is 17.1 Å². The Kier molecular flexibility index (Phi) is 5.86. The number of nitrogens with one attached hydrogen (secondary N) is 1. The van der Waals surface area contributed by atoms with Crippen LogP contribution in [0, 0.1) is 0 Å². The molecule has 0 aliphatic carbocycles. The maximum absolute atomic E-state index is 12.3. The number of hydrogen-bond acceptors (Lipinski definition) is 5. The van der Waals surface area contributed by atoms with E-state index in [1.165, 1.54) is 18.9 Å². The van der Waals surface area contributed by atoms with Crippen LogP contribution in [0.15, 0.2) is 82.6 Å². The summed E-state index contributed by atoms with van der Waals surface area (Å²) in [6.45, 7) is 0.386. The van der Waals surface area contributed by atoms with E-state index >= 15 is 0 Å². The highest BCUT2D eigenvalue weighted by molar-refractivity contribution is 8.04. The fourth-order valence-corrected chi connectivity index (χ4v) is 3.89. The lowest BCUT2D eigenvalue weighted by atomic mass is 10.1. The van der Waals surface area contributed by atoms with E-state index in [4.69, 9.17) is 9.47 Å². The van der Waals surface area contributed by atoms with E-state index in [1.807, 2.05) is 66.7 Å². The SMILES string of the molecule is COC(=O)c1ccc(COc2ccc(/C=C3/Sc4ccccc4NC3=O)cc2)cc1. The third-order valence-electron chi connectivity index (χ3n) is 4.54. The fourth-order valence-electron chi connectivity index (χ4n) is 2.94. The van der Waals surface area contributed by atoms with Crippen molar-refractivity contribution in [1.29, 1.82) is 0 Å². The maximum Gasteiger partial charge on any atom is 0.337 e. The summed E-state index contributed by atoms with van der Waals surface area (Å²) in [4.78, 5) is 25.5. The number of amides is 1. The van der Waals surface area contributed by atoms with Gasteiger partial charge in [0.05, 0.1) is 23.3 Å². The van der Waals surface area contributed by atoms with E-state index in [9.17, 15) is 9.59 Å². The van der Waals surface area contributed by atoms with Crippen molar-refractivity contribution in [3.8, 4) is 5.75 Å². The Bertz CT molecular complexity index is 1100. The molecule has 0 fully saturated rings. The lowest BCUT2D eigenvalue weighted by Crippen LogP contribution is -2.17. The van der Waals surface area contributed by atoms with Crippen molar-refractivity contribution in [2.75, 3.05) is 12.4 Å². The number of hydrogen-bond donors (Lipinski definition) is 1. The number of anilines is 1. The minimum absolute atomic E-state index is 0.102. The van der Waals surface area contributed by atoms with Gasteiger partial charge >= 0.3 is 5.97 Å². The van der Waals surface area contributed by atoms with Gasteiger partial charge in [0.25, 0.3) is 5.91 Å². The van der Waals surface area contributed by atoms with Gasteiger partial charge in [-0.3, -0.25) is 4.79 Å². The summed E-state index contributed by atoms with van der Waals surface area (Å²) in [7, 11) is 1.36. The second-order valence-corrected chi connectivity index (χ2v) is 7.69. The van der Waals surface area contributed by atoms with E-state index in [1.54, 1.807) is 12.1 Å². The minimum Gasteiger partial charge on any atom is -0.489 e. The third-order valence-corrected chi connectivity index (χ3v) is 5.64. The molecule has 0 radical (unpaired) electrons. The number of fused-ring (bicyclic) bond motifs is 1. The zero-order valence-electron chi connectivity index (χ0n) is 16.3. The van der Waals surface area contributed by atoms with Crippen LogP contribution in [-0.2, 0) is 16.1 Å². The van der Waals surface area contributed by atoms with Crippen molar-refractivity contribution in [3.05, 3.63) is 94.4 Å². The maximum atomic E-state index is 12.3. The topological polar surface area (TPSA) is 64.6 Å². The summed E-state index contributed by atoms with van der Waals surface area (Å²) < 4.78 is 10.5. The van der Waals surface area contributed by atoms with Crippen LogP contribution in [0.5, 0.6) is 5.75 Å². The van der Waals surface area contributed by atoms with Gasteiger partial charge in [0, 0.05) is 4.90 Å². The van der Waals surface area contributed by atoms with Gasteiger partial charge in [-0.25, -0.2) is 4.79 Å². The molecule has 1 aliphatic heterocycles. The number of ether oxygens (including phenoxy) is 2. The number of esters is 1. The van der Waals surface area contributed by atoms with Gasteiger partial charge in [-0.05, 0) is 53.6 Å². The summed E-state index contributed by atoms with van der Waals surface area (Å²) in [6, 6.07) is 22.4. The van der Waals surface area contributed by atoms with Crippen molar-refractivity contribution < 1.29 is 19.1 Å². The molecule has 0 bridgehead atoms. The summed E-state index contributed by atoms with van der Waals surface area (Å²) >= 11 is 1.46. The normalized spacial score (nSPS) is 14.0. The standard InChI is InChI=1S/C24H19NO4S/c1-28-24(27)18-10-6-17(7-11-18)15-29-19-12-8-16(9-13-19)14-22-23(26)25-20-4-2-3-5-21(20)30-22/h2-14H,15H2,1H3,(H,25,26)/b22-14+. The van der Waals surface area contributed by atoms with E-state index in [0.717, 1.165) is 27.5 Å². The Hall–Kier alpha value is -3.51. The monoisotopic (exact) mass is 417 g/mol. The van der Waals surface area contributed by atoms with Crippen molar-refractivity contribution in [2.45, 2.75) is 11.5 Å². The number of para-hydroxylation sites is 1. The average Bonchev–Trinajstić information content (AvgIpc) is 2.79. The Labute approximate surface area is 178 Å². The zero-order valence-corrected chi connectivity index (χ0v) is 17.1. The number of methoxy groups -OCH3 is 1. The van der Waals surface area contributed by atoms with Crippen LogP contribution in [0.2, 0.25) is 0 Å². The largest absolute Gasteiger partial charge is 0.489 e. The molecule has 1 amide bonds. The molecule has 0 saturated heterocycles. The lowest BCUT2D eigenvalue weighted by Gasteiger charge is -2.18. The quantitative estimate of drug-likeness (QED) is 0.460. The minimum atomic E-state index is -0.361. The first-order valence-electron chi connectivity index (χ1n) is 9.32. The summed E-state index contributed by atoms with van der Waals surface area (Å²) in [5, 5.41) is 2.91. The average molecular weight is 417 g/mol. The van der Waals surface area contributed by atoms with Crippen molar-refractivity contribution >= 4 is 35.4 Å². The molecular formula is C24H19NO4S. The predicted octanol–water partition coefficient (Wildman–Crippen LogP) is 5.14. The van der Waals surface area contributed by atoms with Gasteiger partial charge < -0.3 is 14.8 Å². The van der Waals surface area contributed by atoms with Crippen LogP contribution in [0.25, 0.3) is 6.08 Å². The molecule has 0 saturated carbocycles. The summed E-state index contributed by atoms with van der Waals surface area (Å²) in [6.07, 6.45) is 1.87. The van der Waals surface area contributed by atoms with Crippen LogP contribution >= 0.6 is 11.8 Å². The number of thioether (sulfide) groups is 1. The molecule has 0 atom stereocenters. The smallest absolute Gasteiger partial charge is 0.337 e. The molecule has 0 unspecified atom stereocenters. The first-order chi connectivity index (χ1) is 14.6. The highest BCUT2D eigenvalue weighted by atomic mass is 32.2. The first-order valence-corrected chi connectivity index (χ1v) is 10.1. The second kappa shape index (κ2) is 8.88. The first kappa shape index (κ1) is 19.8. The highest BCUT2D eigenvalue weighted by Gasteiger charge is 2.20. The molecule has 30 heavy (non-hydrogen) atoms. The molecule has 1 aliphatic rings. The van der Waals surface area contributed by atoms with E-state index < -0.39 is 0 Å². The third kappa shape index (κ3) is 4.55. The molecule has 0 spiro atoms. The Morgan fingerprint density at radius 3 is 2.47 bits per heavy atom. The molecule has 150 valence electrons. The fraction of sp³-hybridized carbons (Fsp3) is 0.0833. The molecular weight excluding hydrogens is 398 g/mol. The highest BCUT2D eigenvalue weighted by Crippen LogP contribution is 2.38. The second-order valence-electron chi connectivity index (χ2n) is 6.61. The molecule has 1 N–H and O–H groups in total. The molecule has 3 aromatic rings. The number of carbonyl (C=O) groups excluding carboxylic acids is 2. The van der Waals surface area contributed by atoms with E-state index in [-0.39, 0.29) is 11.9 Å². The molecule has 4 rings (SSSR count). The van der Waals surface area contributed by atoms with Crippen LogP contribution in [0.3, 0.4) is 0 Å². The van der Waals surface area contributed by atoms with Crippen molar-refractivity contribution in [3.63, 3.8) is 0 Å². The van der Waals surface area contributed by atoms with Gasteiger partial charge in [-0.15, -0.1) is 0 Å². The van der Waals surface area contributed by atoms with Gasteiger partial charge in [0.2, 0.25) is 0 Å². The van der Waals surface area contributed by atoms with Crippen LogP contribution < -0.4 is 10.1 Å². The number of carbonyl (C=O) groups is 2. The molecule has 5 nitrogen and oxygen atoms in total. The number of rotatable bonds is 5. The summed E-state index contributed by atoms with van der Waals surface area (Å²) in [5.41, 5.74) is 3.21. The Morgan fingerprint density at radius 1 is 1.00 bits per heavy atom. The van der Waals surface area contributed by atoms with Gasteiger partial charge in [0.15, 0.2) is 0 Å². The zero-order chi connectivity index (χ0) is 20.9. The molecule has 3 aromatic carbocycles. The molecule has 6 heteroatoms. The van der Waals surface area contributed by atoms with Gasteiger partial charge in [0.1, 0.15) is 12.4 Å². The molecule has 1 heterocycles.